The van der Waals surface area contributed by atoms with Crippen LogP contribution in [0.1, 0.15) is 68.1 Å². The molecule has 0 spiro atoms. The number of unbranched alkanes of at least 4 members (excludes halogenated alkanes) is 1. The number of phenols is 1. The molecule has 2 aromatic rings. The molecule has 3 atom stereocenters. The van der Waals surface area contributed by atoms with Crippen LogP contribution in [0, 0.1) is 0 Å². The first-order valence-electron chi connectivity index (χ1n) is 11.1. The summed E-state index contributed by atoms with van der Waals surface area (Å²) in [6.45, 7) is 3.26. The fourth-order valence-corrected chi connectivity index (χ4v) is 5.63. The van der Waals surface area contributed by atoms with E-state index in [-0.39, 0.29) is 23.4 Å². The number of hydrogen-bond donors (Lipinski definition) is 2. The van der Waals surface area contributed by atoms with Crippen molar-refractivity contribution in [3.05, 3.63) is 53.1 Å². The molecule has 162 valence electrons. The molecular weight excluding hydrogens is 376 g/mol. The van der Waals surface area contributed by atoms with E-state index in [0.29, 0.717) is 0 Å². The monoisotopic (exact) mass is 410 g/mol. The van der Waals surface area contributed by atoms with E-state index in [2.05, 4.69) is 24.0 Å². The van der Waals surface area contributed by atoms with Crippen molar-refractivity contribution < 1.29 is 14.6 Å². The van der Waals surface area contributed by atoms with Crippen molar-refractivity contribution in [1.29, 1.82) is 0 Å². The lowest BCUT2D eigenvalue weighted by atomic mass is 9.67. The number of phenolic OH excluding ortho intramolecular Hbond substituents is 1. The Balaban J connectivity index is 1.96. The molecule has 5 heteroatoms. The van der Waals surface area contributed by atoms with Gasteiger partial charge in [-0.25, -0.2) is 0 Å². The third-order valence-electron chi connectivity index (χ3n) is 7.08. The zero-order valence-electron chi connectivity index (χ0n) is 18.4. The summed E-state index contributed by atoms with van der Waals surface area (Å²) in [5, 5.41) is 9.81. The summed E-state index contributed by atoms with van der Waals surface area (Å²) in [6, 6.07) is 11.8. The molecule has 3 N–H and O–H groups in total. The molecular formula is C25H34N2O3. The van der Waals surface area contributed by atoms with Crippen LogP contribution in [0.2, 0.25) is 0 Å². The Kier molecular flexibility index (Phi) is 5.94. The average Bonchev–Trinajstić information content (AvgIpc) is 2.78. The number of hydrogen-bond acceptors (Lipinski definition) is 5. The van der Waals surface area contributed by atoms with Gasteiger partial charge < -0.3 is 20.3 Å². The molecule has 4 rings (SSSR count). The molecule has 2 aliphatic rings. The Morgan fingerprint density at radius 2 is 1.80 bits per heavy atom. The Morgan fingerprint density at radius 1 is 1.10 bits per heavy atom. The molecule has 2 aliphatic heterocycles. The molecule has 0 aromatic heterocycles. The topological polar surface area (TPSA) is 68.0 Å². The summed E-state index contributed by atoms with van der Waals surface area (Å²) >= 11 is 0. The predicted molar refractivity (Wildman–Crippen MR) is 119 cm³/mol. The number of piperidine rings is 1. The normalized spacial score (nSPS) is 26.0. The van der Waals surface area contributed by atoms with Gasteiger partial charge in [0.05, 0.1) is 20.4 Å². The Hall–Kier alpha value is -2.24. The summed E-state index contributed by atoms with van der Waals surface area (Å²) < 4.78 is 11.4. The predicted octanol–water partition coefficient (Wildman–Crippen LogP) is 4.71. The third kappa shape index (κ3) is 3.34. The van der Waals surface area contributed by atoms with Gasteiger partial charge in [0.25, 0.3) is 0 Å². The number of methoxy groups -OCH3 is 2. The highest BCUT2D eigenvalue weighted by atomic mass is 16.5. The van der Waals surface area contributed by atoms with Crippen LogP contribution in [0.4, 0.5) is 0 Å². The average molecular weight is 411 g/mol. The Morgan fingerprint density at radius 3 is 2.47 bits per heavy atom. The van der Waals surface area contributed by atoms with Crippen LogP contribution in [0.25, 0.3) is 0 Å². The number of aromatic hydroxyl groups is 1. The molecule has 1 saturated heterocycles. The first-order chi connectivity index (χ1) is 14.6. The summed E-state index contributed by atoms with van der Waals surface area (Å²) in [7, 11) is 3.38. The highest BCUT2D eigenvalue weighted by Gasteiger charge is 2.50. The molecule has 0 bridgehead atoms. The minimum atomic E-state index is -0.128. The molecule has 1 fully saturated rings. The number of fused-ring (bicyclic) bond motifs is 3. The van der Waals surface area contributed by atoms with Crippen molar-refractivity contribution in [2.24, 2.45) is 5.73 Å². The zero-order valence-corrected chi connectivity index (χ0v) is 18.4. The van der Waals surface area contributed by atoms with E-state index in [1.165, 1.54) is 30.4 Å². The second-order valence-electron chi connectivity index (χ2n) is 8.64. The summed E-state index contributed by atoms with van der Waals surface area (Å²) in [4.78, 5) is 2.55. The quantitative estimate of drug-likeness (QED) is 0.722. The zero-order chi connectivity index (χ0) is 21.3. The van der Waals surface area contributed by atoms with Gasteiger partial charge in [0.1, 0.15) is 5.75 Å². The van der Waals surface area contributed by atoms with Gasteiger partial charge in [-0.15, -0.1) is 0 Å². The molecule has 0 radical (unpaired) electrons. The SMILES string of the molecule is CCCCC12CCCCN1C(N)C(c1ccc(O)cc1)c1cc(OC)c(OC)cc12. The van der Waals surface area contributed by atoms with Gasteiger partial charge in [-0.05, 0) is 66.6 Å². The standard InChI is InChI=1S/C25H34N2O3/c1-4-5-12-25-13-6-7-14-27(25)24(26)23(17-8-10-18(28)11-9-17)19-15-21(29-2)22(30-3)16-20(19)25/h8-11,15-16,23-24,28H,4-7,12-14,26H2,1-3H3. The van der Waals surface area contributed by atoms with Crippen molar-refractivity contribution in [3.63, 3.8) is 0 Å². The summed E-state index contributed by atoms with van der Waals surface area (Å²) in [5.41, 5.74) is 10.6. The van der Waals surface area contributed by atoms with Crippen LogP contribution in [-0.2, 0) is 5.54 Å². The molecule has 0 aliphatic carbocycles. The van der Waals surface area contributed by atoms with Gasteiger partial charge in [0, 0.05) is 18.0 Å². The van der Waals surface area contributed by atoms with Gasteiger partial charge in [0.15, 0.2) is 11.5 Å². The largest absolute Gasteiger partial charge is 0.508 e. The van der Waals surface area contributed by atoms with E-state index in [9.17, 15) is 5.11 Å². The van der Waals surface area contributed by atoms with Crippen LogP contribution in [0.3, 0.4) is 0 Å². The van der Waals surface area contributed by atoms with E-state index in [1.54, 1.807) is 26.4 Å². The van der Waals surface area contributed by atoms with Gasteiger partial charge >= 0.3 is 0 Å². The molecule has 5 nitrogen and oxygen atoms in total. The van der Waals surface area contributed by atoms with Gasteiger partial charge in [-0.2, -0.15) is 0 Å². The van der Waals surface area contributed by atoms with Crippen molar-refractivity contribution in [3.8, 4) is 17.2 Å². The van der Waals surface area contributed by atoms with Crippen LogP contribution in [0.5, 0.6) is 17.2 Å². The molecule has 30 heavy (non-hydrogen) atoms. The van der Waals surface area contributed by atoms with Crippen molar-refractivity contribution in [1.82, 2.24) is 4.90 Å². The molecule has 0 saturated carbocycles. The highest BCUT2D eigenvalue weighted by Crippen LogP contribution is 2.54. The lowest BCUT2D eigenvalue weighted by Crippen LogP contribution is -2.62. The highest BCUT2D eigenvalue weighted by molar-refractivity contribution is 5.55. The van der Waals surface area contributed by atoms with Crippen LogP contribution in [0.15, 0.2) is 36.4 Å². The first kappa shape index (κ1) is 21.0. The maximum atomic E-state index is 9.81. The maximum absolute atomic E-state index is 9.81. The smallest absolute Gasteiger partial charge is 0.161 e. The minimum Gasteiger partial charge on any atom is -0.508 e. The second kappa shape index (κ2) is 8.48. The Bertz CT molecular complexity index is 883. The maximum Gasteiger partial charge on any atom is 0.161 e. The number of ether oxygens (including phenoxy) is 2. The lowest BCUT2D eigenvalue weighted by Gasteiger charge is -2.56. The number of benzene rings is 2. The van der Waals surface area contributed by atoms with Crippen LogP contribution in [-0.4, -0.2) is 36.9 Å². The number of nitrogens with zero attached hydrogens (tertiary/aromatic N) is 1. The second-order valence-corrected chi connectivity index (χ2v) is 8.64. The van der Waals surface area contributed by atoms with Crippen LogP contribution < -0.4 is 15.2 Å². The number of rotatable bonds is 6. The van der Waals surface area contributed by atoms with Gasteiger partial charge in [-0.3, -0.25) is 4.90 Å². The van der Waals surface area contributed by atoms with Gasteiger partial charge in [-0.1, -0.05) is 31.9 Å². The fraction of sp³-hybridized carbons (Fsp3) is 0.520. The third-order valence-corrected chi connectivity index (χ3v) is 7.08. The van der Waals surface area contributed by atoms with E-state index < -0.39 is 0 Å². The summed E-state index contributed by atoms with van der Waals surface area (Å²) in [6.07, 6.45) is 6.80. The molecule has 0 amide bonds. The fourth-order valence-electron chi connectivity index (χ4n) is 5.63. The molecule has 3 unspecified atom stereocenters. The summed E-state index contributed by atoms with van der Waals surface area (Å²) in [5.74, 6) is 1.79. The van der Waals surface area contributed by atoms with E-state index in [0.717, 1.165) is 42.9 Å². The van der Waals surface area contributed by atoms with Crippen molar-refractivity contribution in [2.75, 3.05) is 20.8 Å². The van der Waals surface area contributed by atoms with Gasteiger partial charge in [0.2, 0.25) is 0 Å². The first-order valence-corrected chi connectivity index (χ1v) is 11.1. The number of nitrogens with two attached hydrogens (primary N) is 1. The van der Waals surface area contributed by atoms with E-state index in [1.807, 2.05) is 12.1 Å². The lowest BCUT2D eigenvalue weighted by molar-refractivity contribution is -0.0215. The van der Waals surface area contributed by atoms with E-state index >= 15 is 0 Å². The van der Waals surface area contributed by atoms with E-state index in [4.69, 9.17) is 15.2 Å². The molecule has 2 heterocycles. The van der Waals surface area contributed by atoms with Crippen molar-refractivity contribution in [2.45, 2.75) is 63.1 Å². The van der Waals surface area contributed by atoms with Crippen LogP contribution >= 0.6 is 0 Å². The Labute approximate surface area is 179 Å². The van der Waals surface area contributed by atoms with Crippen molar-refractivity contribution >= 4 is 0 Å². The minimum absolute atomic E-state index is 0.00765. The molecule has 2 aromatic carbocycles.